The van der Waals surface area contributed by atoms with Crippen molar-refractivity contribution in [3.05, 3.63) is 11.6 Å². The fourth-order valence-electron chi connectivity index (χ4n) is 5.48. The molecule has 1 aromatic rings. The number of hydrogen-bond donors (Lipinski definition) is 1. The van der Waals surface area contributed by atoms with Gasteiger partial charge in [0.25, 0.3) is 0 Å². The number of aryl methyl sites for hydroxylation is 1. The van der Waals surface area contributed by atoms with Crippen molar-refractivity contribution in [3.63, 3.8) is 0 Å². The van der Waals surface area contributed by atoms with Gasteiger partial charge in [-0.2, -0.15) is 0 Å². The highest BCUT2D eigenvalue weighted by Crippen LogP contribution is 2.47. The topological polar surface area (TPSA) is 67.6 Å². The fraction of sp³-hybridized carbons (Fsp3) is 0.842. The van der Waals surface area contributed by atoms with E-state index in [1.54, 1.807) is 0 Å². The lowest BCUT2D eigenvalue weighted by Gasteiger charge is -2.23. The molecule has 5 heterocycles. The van der Waals surface area contributed by atoms with Crippen LogP contribution in [0.3, 0.4) is 0 Å². The summed E-state index contributed by atoms with van der Waals surface area (Å²) in [5.74, 6) is 4.74. The van der Waals surface area contributed by atoms with Crippen molar-refractivity contribution in [2.75, 3.05) is 26.7 Å². The molecule has 4 aliphatic heterocycles. The van der Waals surface area contributed by atoms with Gasteiger partial charge < -0.3 is 19.5 Å². The van der Waals surface area contributed by atoms with Crippen molar-refractivity contribution < 1.29 is 4.74 Å². The van der Waals surface area contributed by atoms with E-state index in [-0.39, 0.29) is 0 Å². The summed E-state index contributed by atoms with van der Waals surface area (Å²) in [4.78, 5) is 6.97. The van der Waals surface area contributed by atoms with Crippen molar-refractivity contribution in [3.8, 4) is 0 Å². The first-order valence-corrected chi connectivity index (χ1v) is 10.4. The summed E-state index contributed by atoms with van der Waals surface area (Å²) in [6, 6.07) is 0. The zero-order valence-corrected chi connectivity index (χ0v) is 15.7. The normalized spacial score (nSPS) is 33.3. The number of hydrogen-bond acceptors (Lipinski definition) is 4. The molecule has 142 valence electrons. The standard InChI is InChI=1S/C19H30N6O/c1-20-19(24-11-13-14(12-24)16-7-6-15(13)26-16)21-9-8-18-23-22-17-5-3-2-4-10-25(17)18/h13-16H,2-12H2,1H3,(H,20,21). The predicted molar refractivity (Wildman–Crippen MR) is 99.1 cm³/mol. The van der Waals surface area contributed by atoms with Crippen molar-refractivity contribution in [2.24, 2.45) is 16.8 Å². The molecule has 26 heavy (non-hydrogen) atoms. The fourth-order valence-corrected chi connectivity index (χ4v) is 5.48. The van der Waals surface area contributed by atoms with E-state index in [2.05, 4.69) is 30.0 Å². The summed E-state index contributed by atoms with van der Waals surface area (Å²) in [6.07, 6.45) is 9.27. The highest BCUT2D eigenvalue weighted by molar-refractivity contribution is 5.80. The average molecular weight is 358 g/mol. The van der Waals surface area contributed by atoms with Gasteiger partial charge in [-0.15, -0.1) is 10.2 Å². The molecule has 4 atom stereocenters. The van der Waals surface area contributed by atoms with Gasteiger partial charge in [0.05, 0.1) is 12.2 Å². The molecule has 0 aromatic carbocycles. The molecule has 4 aliphatic rings. The Morgan fingerprint density at radius 3 is 2.73 bits per heavy atom. The minimum Gasteiger partial charge on any atom is -0.374 e. The first-order valence-electron chi connectivity index (χ1n) is 10.4. The Morgan fingerprint density at radius 2 is 1.96 bits per heavy atom. The molecule has 1 N–H and O–H groups in total. The maximum absolute atomic E-state index is 6.09. The number of aromatic nitrogens is 3. The number of nitrogens with zero attached hydrogens (tertiary/aromatic N) is 5. The Morgan fingerprint density at radius 1 is 1.15 bits per heavy atom. The molecule has 0 aliphatic carbocycles. The zero-order valence-electron chi connectivity index (χ0n) is 15.7. The van der Waals surface area contributed by atoms with Gasteiger partial charge in [-0.05, 0) is 25.7 Å². The highest BCUT2D eigenvalue weighted by atomic mass is 16.5. The maximum atomic E-state index is 6.09. The van der Waals surface area contributed by atoms with Gasteiger partial charge in [-0.25, -0.2) is 0 Å². The third-order valence-electron chi connectivity index (χ3n) is 6.78. The van der Waals surface area contributed by atoms with Crippen LogP contribution in [0.4, 0.5) is 0 Å². The van der Waals surface area contributed by atoms with Crippen LogP contribution in [0.5, 0.6) is 0 Å². The first-order chi connectivity index (χ1) is 12.8. The SMILES string of the molecule is CN=C(NCCc1nnc2n1CCCCC2)N1CC2C3CCC(O3)C2C1. The summed E-state index contributed by atoms with van der Waals surface area (Å²) in [6.45, 7) is 4.11. The van der Waals surface area contributed by atoms with Crippen LogP contribution in [-0.2, 0) is 24.1 Å². The molecule has 1 aromatic heterocycles. The van der Waals surface area contributed by atoms with Crippen LogP contribution in [0.2, 0.25) is 0 Å². The second-order valence-electron chi connectivity index (χ2n) is 8.24. The third kappa shape index (κ3) is 2.80. The van der Waals surface area contributed by atoms with Crippen LogP contribution < -0.4 is 5.32 Å². The maximum Gasteiger partial charge on any atom is 0.193 e. The number of fused-ring (bicyclic) bond motifs is 6. The van der Waals surface area contributed by atoms with Crippen molar-refractivity contribution in [1.82, 2.24) is 25.0 Å². The van der Waals surface area contributed by atoms with Crippen LogP contribution in [0.15, 0.2) is 4.99 Å². The van der Waals surface area contributed by atoms with Crippen LogP contribution in [0, 0.1) is 11.8 Å². The van der Waals surface area contributed by atoms with E-state index in [0.717, 1.165) is 50.8 Å². The van der Waals surface area contributed by atoms with Gasteiger partial charge in [-0.3, -0.25) is 4.99 Å². The second kappa shape index (κ2) is 6.83. The lowest BCUT2D eigenvalue weighted by molar-refractivity contribution is 0.0767. The van der Waals surface area contributed by atoms with Gasteiger partial charge in [0.1, 0.15) is 11.6 Å². The van der Waals surface area contributed by atoms with Crippen LogP contribution in [0.1, 0.15) is 43.8 Å². The van der Waals surface area contributed by atoms with E-state index in [1.165, 1.54) is 37.9 Å². The van der Waals surface area contributed by atoms with Gasteiger partial charge in [0, 0.05) is 57.9 Å². The largest absolute Gasteiger partial charge is 0.374 e. The molecule has 3 saturated heterocycles. The molecule has 7 heteroatoms. The summed E-state index contributed by atoms with van der Waals surface area (Å²) < 4.78 is 8.43. The van der Waals surface area contributed by atoms with Crippen molar-refractivity contribution >= 4 is 5.96 Å². The zero-order chi connectivity index (χ0) is 17.5. The molecule has 0 amide bonds. The molecule has 3 fully saturated rings. The van der Waals surface area contributed by atoms with Crippen LogP contribution in [0.25, 0.3) is 0 Å². The number of nitrogens with one attached hydrogen (secondary N) is 1. The molecular weight excluding hydrogens is 328 g/mol. The Kier molecular flexibility index (Phi) is 4.35. The molecule has 5 rings (SSSR count). The Balaban J connectivity index is 1.17. The Hall–Kier alpha value is -1.63. The molecule has 0 spiro atoms. The van der Waals surface area contributed by atoms with Crippen LogP contribution in [-0.4, -0.2) is 64.5 Å². The lowest BCUT2D eigenvalue weighted by Crippen LogP contribution is -2.42. The van der Waals surface area contributed by atoms with Gasteiger partial charge in [0.15, 0.2) is 5.96 Å². The smallest absolute Gasteiger partial charge is 0.193 e. The number of guanidine groups is 1. The van der Waals surface area contributed by atoms with Crippen molar-refractivity contribution in [1.29, 1.82) is 0 Å². The molecule has 0 saturated carbocycles. The first kappa shape index (κ1) is 16.5. The van der Waals surface area contributed by atoms with E-state index in [0.29, 0.717) is 24.0 Å². The Labute approximate surface area is 155 Å². The van der Waals surface area contributed by atoms with E-state index in [9.17, 15) is 0 Å². The molecule has 2 bridgehead atoms. The summed E-state index contributed by atoms with van der Waals surface area (Å²) in [5.41, 5.74) is 0. The van der Waals surface area contributed by atoms with Gasteiger partial charge in [-0.1, -0.05) is 6.42 Å². The highest BCUT2D eigenvalue weighted by Gasteiger charge is 2.53. The predicted octanol–water partition coefficient (Wildman–Crippen LogP) is 1.23. The molecule has 7 nitrogen and oxygen atoms in total. The van der Waals surface area contributed by atoms with E-state index in [4.69, 9.17) is 4.74 Å². The quantitative estimate of drug-likeness (QED) is 0.650. The molecule has 4 unspecified atom stereocenters. The van der Waals surface area contributed by atoms with E-state index < -0.39 is 0 Å². The monoisotopic (exact) mass is 358 g/mol. The third-order valence-corrected chi connectivity index (χ3v) is 6.78. The summed E-state index contributed by atoms with van der Waals surface area (Å²) in [5, 5.41) is 12.4. The summed E-state index contributed by atoms with van der Waals surface area (Å²) >= 11 is 0. The molecule has 0 radical (unpaired) electrons. The van der Waals surface area contributed by atoms with E-state index in [1.807, 2.05) is 7.05 Å². The average Bonchev–Trinajstić information content (AvgIpc) is 3.39. The lowest BCUT2D eigenvalue weighted by atomic mass is 9.82. The van der Waals surface area contributed by atoms with Crippen LogP contribution >= 0.6 is 0 Å². The number of likely N-dealkylation sites (tertiary alicyclic amines) is 1. The minimum absolute atomic E-state index is 0.500. The summed E-state index contributed by atoms with van der Waals surface area (Å²) in [7, 11) is 1.89. The van der Waals surface area contributed by atoms with E-state index >= 15 is 0 Å². The second-order valence-corrected chi connectivity index (χ2v) is 8.24. The number of rotatable bonds is 3. The molecular formula is C19H30N6O. The minimum atomic E-state index is 0.500. The number of ether oxygens (including phenoxy) is 1. The van der Waals surface area contributed by atoms with Gasteiger partial charge >= 0.3 is 0 Å². The van der Waals surface area contributed by atoms with Gasteiger partial charge in [0.2, 0.25) is 0 Å². The number of aliphatic imine (C=N–C) groups is 1. The Bertz CT molecular complexity index is 668. The van der Waals surface area contributed by atoms with Crippen molar-refractivity contribution in [2.45, 2.75) is 63.7 Å².